The van der Waals surface area contributed by atoms with Crippen molar-refractivity contribution in [1.29, 1.82) is 0 Å². The third-order valence-corrected chi connectivity index (χ3v) is 3.23. The molecule has 110 valence electrons. The zero-order valence-corrected chi connectivity index (χ0v) is 10.9. The molecule has 0 radical (unpaired) electrons. The fourth-order valence-corrected chi connectivity index (χ4v) is 2.14. The van der Waals surface area contributed by atoms with Crippen molar-refractivity contribution in [3.05, 3.63) is 23.8 Å². The van der Waals surface area contributed by atoms with Gasteiger partial charge in [-0.25, -0.2) is 9.59 Å². The molecule has 2 N–H and O–H groups in total. The first kappa shape index (κ1) is 14.7. The lowest BCUT2D eigenvalue weighted by Gasteiger charge is -2.16. The number of rotatable bonds is 4. The highest BCUT2D eigenvalue weighted by Gasteiger charge is 2.48. The minimum Gasteiger partial charge on any atom is -0.478 e. The maximum atomic E-state index is 11.8. The van der Waals surface area contributed by atoms with Gasteiger partial charge in [-0.2, -0.15) is 0 Å². The van der Waals surface area contributed by atoms with Crippen LogP contribution < -0.4 is 0 Å². The molecule has 2 heterocycles. The van der Waals surface area contributed by atoms with Crippen molar-refractivity contribution in [2.75, 3.05) is 13.2 Å². The SMILES string of the molecule is C=C(C=C(C)C(=O)O)C(=O)O[C@H]1CO[C@H]2[C@@H]1OC[C@H]2O. The molecule has 0 spiro atoms. The van der Waals surface area contributed by atoms with E-state index in [1.54, 1.807) is 0 Å². The van der Waals surface area contributed by atoms with Gasteiger partial charge in [0.05, 0.1) is 18.8 Å². The summed E-state index contributed by atoms with van der Waals surface area (Å²) in [5.41, 5.74) is -0.0769. The summed E-state index contributed by atoms with van der Waals surface area (Å²) in [4.78, 5) is 22.5. The van der Waals surface area contributed by atoms with Crippen molar-refractivity contribution in [2.24, 2.45) is 0 Å². The van der Waals surface area contributed by atoms with Gasteiger partial charge in [0.1, 0.15) is 18.3 Å². The van der Waals surface area contributed by atoms with Gasteiger partial charge < -0.3 is 24.4 Å². The van der Waals surface area contributed by atoms with Gasteiger partial charge >= 0.3 is 11.9 Å². The molecule has 0 saturated carbocycles. The summed E-state index contributed by atoms with van der Waals surface area (Å²) in [6, 6.07) is 0. The van der Waals surface area contributed by atoms with Crippen LogP contribution in [0.4, 0.5) is 0 Å². The number of hydrogen-bond acceptors (Lipinski definition) is 6. The molecule has 7 heteroatoms. The number of ether oxygens (including phenoxy) is 3. The zero-order valence-electron chi connectivity index (χ0n) is 10.9. The summed E-state index contributed by atoms with van der Waals surface area (Å²) < 4.78 is 15.8. The lowest BCUT2D eigenvalue weighted by Crippen LogP contribution is -2.34. The van der Waals surface area contributed by atoms with Crippen LogP contribution in [0.1, 0.15) is 6.92 Å². The molecule has 0 amide bonds. The molecule has 0 aromatic carbocycles. The molecule has 0 aromatic heterocycles. The van der Waals surface area contributed by atoms with Gasteiger partial charge in [0.2, 0.25) is 0 Å². The van der Waals surface area contributed by atoms with Crippen molar-refractivity contribution < 1.29 is 34.0 Å². The Kier molecular flexibility index (Phi) is 4.22. The van der Waals surface area contributed by atoms with Crippen LogP contribution in [0.2, 0.25) is 0 Å². The van der Waals surface area contributed by atoms with Gasteiger partial charge in [0.15, 0.2) is 6.10 Å². The molecule has 2 aliphatic rings. The van der Waals surface area contributed by atoms with Crippen molar-refractivity contribution in [2.45, 2.75) is 31.3 Å². The average molecular weight is 284 g/mol. The van der Waals surface area contributed by atoms with Crippen LogP contribution in [-0.4, -0.2) is 59.8 Å². The van der Waals surface area contributed by atoms with E-state index in [2.05, 4.69) is 6.58 Å². The number of aliphatic hydroxyl groups excluding tert-OH is 1. The number of aliphatic carboxylic acids is 1. The standard InChI is InChI=1S/C13H16O7/c1-6(12(15)16)3-7(2)13(17)20-9-5-19-10-8(14)4-18-11(9)10/h3,8-11,14H,2,4-5H2,1H3,(H,15,16)/t8-,9+,10-,11-/m1/s1. The largest absolute Gasteiger partial charge is 0.478 e. The van der Waals surface area contributed by atoms with Gasteiger partial charge in [-0.15, -0.1) is 0 Å². The van der Waals surface area contributed by atoms with Crippen molar-refractivity contribution in [1.82, 2.24) is 0 Å². The Bertz CT molecular complexity index is 467. The summed E-state index contributed by atoms with van der Waals surface area (Å²) in [5.74, 6) is -1.87. The fraction of sp³-hybridized carbons (Fsp3) is 0.538. The van der Waals surface area contributed by atoms with E-state index >= 15 is 0 Å². The summed E-state index contributed by atoms with van der Waals surface area (Å²) >= 11 is 0. The smallest absolute Gasteiger partial charge is 0.337 e. The number of aliphatic hydroxyl groups is 1. The number of carboxylic acids is 1. The van der Waals surface area contributed by atoms with Crippen LogP contribution in [0.3, 0.4) is 0 Å². The van der Waals surface area contributed by atoms with Crippen molar-refractivity contribution >= 4 is 11.9 Å². The lowest BCUT2D eigenvalue weighted by molar-refractivity contribution is -0.148. The van der Waals surface area contributed by atoms with Crippen LogP contribution in [0, 0.1) is 0 Å². The fourth-order valence-electron chi connectivity index (χ4n) is 2.14. The Morgan fingerprint density at radius 2 is 1.95 bits per heavy atom. The van der Waals surface area contributed by atoms with Crippen LogP contribution in [0.5, 0.6) is 0 Å². The Morgan fingerprint density at radius 1 is 1.30 bits per heavy atom. The zero-order chi connectivity index (χ0) is 14.9. The Labute approximate surface area is 115 Å². The van der Waals surface area contributed by atoms with Crippen LogP contribution in [0.15, 0.2) is 23.8 Å². The molecule has 2 aliphatic heterocycles. The average Bonchev–Trinajstić information content (AvgIpc) is 2.94. The number of hydrogen-bond donors (Lipinski definition) is 2. The predicted octanol–water partition coefficient (Wildman–Crippen LogP) is -0.356. The molecule has 0 aromatic rings. The Morgan fingerprint density at radius 3 is 2.60 bits per heavy atom. The summed E-state index contributed by atoms with van der Waals surface area (Å²) in [6.45, 7) is 5.10. The normalized spacial score (nSPS) is 32.8. The predicted molar refractivity (Wildman–Crippen MR) is 65.9 cm³/mol. The summed E-state index contributed by atoms with van der Waals surface area (Å²) in [7, 11) is 0. The van der Waals surface area contributed by atoms with E-state index in [1.807, 2.05) is 0 Å². The van der Waals surface area contributed by atoms with E-state index in [1.165, 1.54) is 6.92 Å². The van der Waals surface area contributed by atoms with Gasteiger partial charge in [0, 0.05) is 5.57 Å². The highest BCUT2D eigenvalue weighted by atomic mass is 16.6. The number of esters is 1. The van der Waals surface area contributed by atoms with Gasteiger partial charge in [-0.3, -0.25) is 0 Å². The monoisotopic (exact) mass is 284 g/mol. The second-order valence-corrected chi connectivity index (χ2v) is 4.76. The molecule has 7 nitrogen and oxygen atoms in total. The van der Waals surface area contributed by atoms with E-state index in [4.69, 9.17) is 19.3 Å². The van der Waals surface area contributed by atoms with E-state index in [-0.39, 0.29) is 24.4 Å². The Balaban J connectivity index is 1.94. The molecule has 20 heavy (non-hydrogen) atoms. The number of carbonyl (C=O) groups is 2. The van der Waals surface area contributed by atoms with Gasteiger partial charge in [0.25, 0.3) is 0 Å². The first-order chi connectivity index (χ1) is 9.40. The number of fused-ring (bicyclic) bond motifs is 1. The third kappa shape index (κ3) is 2.90. The molecule has 2 rings (SSSR count). The second kappa shape index (κ2) is 5.74. The molecular formula is C13H16O7. The Hall–Kier alpha value is -1.70. The first-order valence-corrected chi connectivity index (χ1v) is 6.13. The number of carboxylic acid groups (broad SMARTS) is 1. The molecule has 0 bridgehead atoms. The van der Waals surface area contributed by atoms with E-state index in [0.29, 0.717) is 0 Å². The van der Waals surface area contributed by atoms with Gasteiger partial charge in [-0.1, -0.05) is 6.58 Å². The number of carbonyl (C=O) groups excluding carboxylic acids is 1. The van der Waals surface area contributed by atoms with Crippen LogP contribution in [0.25, 0.3) is 0 Å². The first-order valence-electron chi connectivity index (χ1n) is 6.13. The van der Waals surface area contributed by atoms with Crippen LogP contribution in [-0.2, 0) is 23.8 Å². The van der Waals surface area contributed by atoms with Crippen LogP contribution >= 0.6 is 0 Å². The quantitative estimate of drug-likeness (QED) is 0.413. The maximum Gasteiger partial charge on any atom is 0.337 e. The van der Waals surface area contributed by atoms with Gasteiger partial charge in [-0.05, 0) is 13.0 Å². The van der Waals surface area contributed by atoms with E-state index in [9.17, 15) is 14.7 Å². The summed E-state index contributed by atoms with van der Waals surface area (Å²) in [6.07, 6.45) is -1.19. The minimum atomic E-state index is -1.13. The molecule has 2 saturated heterocycles. The maximum absolute atomic E-state index is 11.8. The third-order valence-electron chi connectivity index (χ3n) is 3.23. The molecule has 4 atom stereocenters. The van der Waals surface area contributed by atoms with E-state index < -0.39 is 36.4 Å². The summed E-state index contributed by atoms with van der Waals surface area (Å²) in [5, 5.41) is 18.3. The molecule has 0 unspecified atom stereocenters. The highest BCUT2D eigenvalue weighted by Crippen LogP contribution is 2.29. The van der Waals surface area contributed by atoms with Crippen molar-refractivity contribution in [3.63, 3.8) is 0 Å². The second-order valence-electron chi connectivity index (χ2n) is 4.76. The lowest BCUT2D eigenvalue weighted by atomic mass is 10.1. The molecule has 2 fully saturated rings. The highest BCUT2D eigenvalue weighted by molar-refractivity contribution is 5.95. The van der Waals surface area contributed by atoms with E-state index in [0.717, 1.165) is 6.08 Å². The molecule has 0 aliphatic carbocycles. The molecular weight excluding hydrogens is 268 g/mol. The minimum absolute atomic E-state index is 0.0139. The topological polar surface area (TPSA) is 102 Å². The van der Waals surface area contributed by atoms with Crippen molar-refractivity contribution in [3.8, 4) is 0 Å².